The van der Waals surface area contributed by atoms with Crippen LogP contribution < -0.4 is 5.32 Å². The number of carbonyl (C=O) groups is 2. The predicted molar refractivity (Wildman–Crippen MR) is 67.3 cm³/mol. The summed E-state index contributed by atoms with van der Waals surface area (Å²) in [6.07, 6.45) is 0.341. The van der Waals surface area contributed by atoms with Gasteiger partial charge in [-0.15, -0.1) is 0 Å². The minimum Gasteiger partial charge on any atom is -0.481 e. The fraction of sp³-hybridized carbons (Fsp3) is 0.385. The molecule has 5 nitrogen and oxygen atoms in total. The van der Waals surface area contributed by atoms with Crippen molar-refractivity contribution in [3.63, 3.8) is 0 Å². The first-order chi connectivity index (χ1) is 9.30. The van der Waals surface area contributed by atoms with Crippen LogP contribution in [0.3, 0.4) is 0 Å². The van der Waals surface area contributed by atoms with Gasteiger partial charge in [0.05, 0.1) is 5.41 Å². The molecule has 0 spiro atoms. The van der Waals surface area contributed by atoms with Crippen LogP contribution in [0, 0.1) is 17.0 Å². The number of carbonyl (C=O) groups excluding carboxylic acids is 1. The number of aliphatic carboxylic acids is 1. The number of rotatable bonds is 2. The molecule has 1 fully saturated rings. The number of anilines is 1. The maximum atomic E-state index is 13.0. The molecule has 2 amide bonds. The van der Waals surface area contributed by atoms with Gasteiger partial charge in [0, 0.05) is 24.8 Å². The Labute approximate surface area is 114 Å². The summed E-state index contributed by atoms with van der Waals surface area (Å²) in [5.41, 5.74) is -0.985. The molecular weight excluding hydrogens is 270 g/mol. The molecule has 1 saturated heterocycles. The van der Waals surface area contributed by atoms with E-state index in [1.165, 1.54) is 4.90 Å². The normalized spacial score (nSPS) is 21.9. The molecule has 20 heavy (non-hydrogen) atoms. The summed E-state index contributed by atoms with van der Waals surface area (Å²) >= 11 is 0. The van der Waals surface area contributed by atoms with Gasteiger partial charge in [-0.25, -0.2) is 13.6 Å². The van der Waals surface area contributed by atoms with Crippen molar-refractivity contribution in [2.24, 2.45) is 5.41 Å². The van der Waals surface area contributed by atoms with Crippen LogP contribution in [0.15, 0.2) is 18.2 Å². The molecule has 1 atom stereocenters. The third kappa shape index (κ3) is 2.87. The third-order valence-corrected chi connectivity index (χ3v) is 3.39. The SMILES string of the molecule is CC1(C(=O)O)CCN(C(=O)Nc2cc(F)cc(F)c2)C1. The molecule has 0 aromatic heterocycles. The fourth-order valence-corrected chi connectivity index (χ4v) is 2.14. The molecule has 2 N–H and O–H groups in total. The van der Waals surface area contributed by atoms with Gasteiger partial charge >= 0.3 is 12.0 Å². The van der Waals surface area contributed by atoms with Crippen LogP contribution in [0.2, 0.25) is 0 Å². The molecule has 1 aliphatic rings. The Morgan fingerprint density at radius 3 is 2.40 bits per heavy atom. The number of nitrogens with zero attached hydrogens (tertiary/aromatic N) is 1. The molecule has 108 valence electrons. The van der Waals surface area contributed by atoms with Crippen molar-refractivity contribution in [2.75, 3.05) is 18.4 Å². The number of halogens is 2. The molecule has 0 radical (unpaired) electrons. The van der Waals surface area contributed by atoms with Gasteiger partial charge in [0.25, 0.3) is 0 Å². The Morgan fingerprint density at radius 2 is 1.90 bits per heavy atom. The number of hydrogen-bond acceptors (Lipinski definition) is 2. The second kappa shape index (κ2) is 5.07. The minimum atomic E-state index is -0.982. The lowest BCUT2D eigenvalue weighted by molar-refractivity contribution is -0.146. The zero-order valence-electron chi connectivity index (χ0n) is 10.8. The lowest BCUT2D eigenvalue weighted by Gasteiger charge is -2.20. The highest BCUT2D eigenvalue weighted by molar-refractivity contribution is 5.90. The maximum absolute atomic E-state index is 13.0. The highest BCUT2D eigenvalue weighted by atomic mass is 19.1. The Kier molecular flexibility index (Phi) is 3.61. The van der Waals surface area contributed by atoms with Crippen LogP contribution in [-0.2, 0) is 4.79 Å². The van der Waals surface area contributed by atoms with Gasteiger partial charge in [0.15, 0.2) is 0 Å². The van der Waals surface area contributed by atoms with E-state index in [4.69, 9.17) is 5.11 Å². The predicted octanol–water partition coefficient (Wildman–Crippen LogP) is 2.29. The first-order valence-electron chi connectivity index (χ1n) is 6.06. The Balaban J connectivity index is 2.05. The quantitative estimate of drug-likeness (QED) is 0.875. The van der Waals surface area contributed by atoms with Gasteiger partial charge in [0.2, 0.25) is 0 Å². The Hall–Kier alpha value is -2.18. The van der Waals surface area contributed by atoms with Crippen LogP contribution in [0.4, 0.5) is 19.3 Å². The van der Waals surface area contributed by atoms with Crippen molar-refractivity contribution in [3.8, 4) is 0 Å². The standard InChI is InChI=1S/C13H14F2N2O3/c1-13(11(18)19)2-3-17(7-13)12(20)16-10-5-8(14)4-9(15)6-10/h4-6H,2-3,7H2,1H3,(H,16,20)(H,18,19). The van der Waals surface area contributed by atoms with E-state index >= 15 is 0 Å². The molecule has 1 aromatic rings. The summed E-state index contributed by atoms with van der Waals surface area (Å²) in [4.78, 5) is 24.3. The number of nitrogens with one attached hydrogen (secondary N) is 1. The van der Waals surface area contributed by atoms with Gasteiger partial charge in [-0.05, 0) is 25.5 Å². The van der Waals surface area contributed by atoms with Gasteiger partial charge in [-0.3, -0.25) is 4.79 Å². The van der Waals surface area contributed by atoms with Crippen LogP contribution in [0.5, 0.6) is 0 Å². The lowest BCUT2D eigenvalue weighted by Crippen LogP contribution is -2.37. The zero-order chi connectivity index (χ0) is 14.9. The number of carboxylic acids is 1. The van der Waals surface area contributed by atoms with E-state index in [9.17, 15) is 18.4 Å². The van der Waals surface area contributed by atoms with Crippen molar-refractivity contribution in [1.29, 1.82) is 0 Å². The molecule has 0 aliphatic carbocycles. The zero-order valence-corrected chi connectivity index (χ0v) is 10.8. The van der Waals surface area contributed by atoms with Gasteiger partial charge < -0.3 is 15.3 Å². The smallest absolute Gasteiger partial charge is 0.321 e. The van der Waals surface area contributed by atoms with Crippen LogP contribution in [0.1, 0.15) is 13.3 Å². The van der Waals surface area contributed by atoms with E-state index in [0.29, 0.717) is 12.5 Å². The minimum absolute atomic E-state index is 0.00331. The van der Waals surface area contributed by atoms with E-state index < -0.39 is 29.0 Å². The molecule has 0 saturated carbocycles. The van der Waals surface area contributed by atoms with Crippen LogP contribution in [0.25, 0.3) is 0 Å². The van der Waals surface area contributed by atoms with E-state index in [1.807, 2.05) is 0 Å². The van der Waals surface area contributed by atoms with Gasteiger partial charge in [0.1, 0.15) is 11.6 Å². The number of hydrogen-bond donors (Lipinski definition) is 2. The molecule has 1 aliphatic heterocycles. The largest absolute Gasteiger partial charge is 0.481 e. The van der Waals surface area contributed by atoms with E-state index in [0.717, 1.165) is 12.1 Å². The molecule has 2 rings (SSSR count). The van der Waals surface area contributed by atoms with Crippen molar-refractivity contribution in [2.45, 2.75) is 13.3 Å². The molecule has 0 bridgehead atoms. The molecule has 1 aromatic carbocycles. The van der Waals surface area contributed by atoms with Crippen molar-refractivity contribution < 1.29 is 23.5 Å². The summed E-state index contributed by atoms with van der Waals surface area (Å²) in [6.45, 7) is 1.91. The highest BCUT2D eigenvalue weighted by Crippen LogP contribution is 2.30. The Bertz CT molecular complexity index is 544. The number of carboxylic acid groups (broad SMARTS) is 1. The monoisotopic (exact) mass is 284 g/mol. The van der Waals surface area contributed by atoms with Crippen LogP contribution >= 0.6 is 0 Å². The topological polar surface area (TPSA) is 69.6 Å². The summed E-state index contributed by atoms with van der Waals surface area (Å²) in [7, 11) is 0. The summed E-state index contributed by atoms with van der Waals surface area (Å²) in [5, 5.41) is 11.4. The Morgan fingerprint density at radius 1 is 1.30 bits per heavy atom. The number of amides is 2. The van der Waals surface area contributed by atoms with E-state index in [-0.39, 0.29) is 18.8 Å². The molecule has 7 heteroatoms. The van der Waals surface area contributed by atoms with Crippen LogP contribution in [-0.4, -0.2) is 35.1 Å². The first kappa shape index (κ1) is 14.2. The molecular formula is C13H14F2N2O3. The van der Waals surface area contributed by atoms with Crippen molar-refractivity contribution in [3.05, 3.63) is 29.8 Å². The van der Waals surface area contributed by atoms with E-state index in [2.05, 4.69) is 5.32 Å². The maximum Gasteiger partial charge on any atom is 0.321 e. The average Bonchev–Trinajstić information content (AvgIpc) is 2.72. The summed E-state index contributed by atoms with van der Waals surface area (Å²) in [5.74, 6) is -2.56. The van der Waals surface area contributed by atoms with Gasteiger partial charge in [-0.1, -0.05) is 0 Å². The van der Waals surface area contributed by atoms with Crippen molar-refractivity contribution in [1.82, 2.24) is 4.90 Å². The van der Waals surface area contributed by atoms with Crippen molar-refractivity contribution >= 4 is 17.7 Å². The lowest BCUT2D eigenvalue weighted by atomic mass is 9.90. The van der Waals surface area contributed by atoms with E-state index in [1.54, 1.807) is 6.92 Å². The highest BCUT2D eigenvalue weighted by Gasteiger charge is 2.42. The summed E-state index contributed by atoms with van der Waals surface area (Å²) < 4.78 is 26.0. The van der Waals surface area contributed by atoms with Gasteiger partial charge in [-0.2, -0.15) is 0 Å². The second-order valence-electron chi connectivity index (χ2n) is 5.13. The summed E-state index contributed by atoms with van der Waals surface area (Å²) in [6, 6.07) is 2.12. The third-order valence-electron chi connectivity index (χ3n) is 3.39. The molecule has 1 heterocycles. The number of benzene rings is 1. The number of likely N-dealkylation sites (tertiary alicyclic amines) is 1. The second-order valence-corrected chi connectivity index (χ2v) is 5.13. The molecule has 1 unspecified atom stereocenters. The first-order valence-corrected chi connectivity index (χ1v) is 6.06. The number of urea groups is 1. The fourth-order valence-electron chi connectivity index (χ4n) is 2.14. The average molecular weight is 284 g/mol.